The molecule has 1 aliphatic heterocycles. The van der Waals surface area contributed by atoms with Crippen molar-refractivity contribution in [1.29, 1.82) is 0 Å². The van der Waals surface area contributed by atoms with Gasteiger partial charge in [0.05, 0.1) is 0 Å². The van der Waals surface area contributed by atoms with Gasteiger partial charge in [0.15, 0.2) is 0 Å². The molecule has 0 bridgehead atoms. The van der Waals surface area contributed by atoms with Gasteiger partial charge in [-0.25, -0.2) is 0 Å². The van der Waals surface area contributed by atoms with Crippen LogP contribution < -0.4 is 0 Å². The molecule has 0 radical (unpaired) electrons. The van der Waals surface area contributed by atoms with E-state index in [9.17, 15) is 0 Å². The molecule has 0 saturated carbocycles. The van der Waals surface area contributed by atoms with Crippen molar-refractivity contribution >= 4 is 17.7 Å². The zero-order valence-corrected chi connectivity index (χ0v) is 9.67. The van der Waals surface area contributed by atoms with Crippen LogP contribution in [0.1, 0.15) is 38.5 Å². The topological polar surface area (TPSA) is 3.24 Å². The first-order valence-electron chi connectivity index (χ1n) is 6.31. The molecule has 1 aliphatic rings. The molecule has 1 heterocycles. The number of hydrogen-bond acceptors (Lipinski definition) is 1. The fourth-order valence-corrected chi connectivity index (χ4v) is 2.06. The van der Waals surface area contributed by atoms with Crippen LogP contribution in [0.4, 0.5) is 0 Å². The van der Waals surface area contributed by atoms with Crippen LogP contribution in [0.25, 0.3) is 0 Å². The van der Waals surface area contributed by atoms with Gasteiger partial charge in [0.2, 0.25) is 0 Å². The van der Waals surface area contributed by atoms with E-state index in [0.717, 1.165) is 0 Å². The van der Waals surface area contributed by atoms with E-state index < -0.39 is 0 Å². The van der Waals surface area contributed by atoms with Gasteiger partial charge in [-0.3, -0.25) is 0 Å². The third kappa shape index (κ3) is 5.91. The molecule has 2 heteroatoms. The molecule has 1 saturated heterocycles. The number of rotatable bonds is 3. The predicted octanol–water partition coefficient (Wildman–Crippen LogP) is 2.79. The standard InChI is InChI=1S/C12H22N.Li/c1-2-3-10-13-11-8-6-4-5-7-9-12-13;/h2-3H,1,4-12H2;. The Kier molecular flexibility index (Phi) is 7.59. The Hall–Kier alpha value is 0.297. The van der Waals surface area contributed by atoms with E-state index in [0.29, 0.717) is 0 Å². The number of allylic oxidation sites excluding steroid dienone is 1. The average molecular weight is 187 g/mol. The van der Waals surface area contributed by atoms with E-state index in [1.807, 2.05) is 0 Å². The van der Waals surface area contributed by atoms with Crippen LogP contribution in [0.15, 0.2) is 12.2 Å². The second kappa shape index (κ2) is 8.59. The van der Waals surface area contributed by atoms with Gasteiger partial charge in [-0.15, -0.1) is 0 Å². The molecule has 1 fully saturated rings. The van der Waals surface area contributed by atoms with Crippen LogP contribution in [-0.2, 0) is 0 Å². The second-order valence-electron chi connectivity index (χ2n) is 4.30. The SMILES string of the molecule is [Li][CH2]C=CCN1CCCCCCCC1. The van der Waals surface area contributed by atoms with Gasteiger partial charge >= 0.3 is 98.0 Å². The first kappa shape index (κ1) is 12.4. The second-order valence-corrected chi connectivity index (χ2v) is 4.30. The fourth-order valence-electron chi connectivity index (χ4n) is 2.06. The van der Waals surface area contributed by atoms with Gasteiger partial charge in [-0.1, -0.05) is 0 Å². The third-order valence-corrected chi connectivity index (χ3v) is 2.96. The van der Waals surface area contributed by atoms with E-state index in [4.69, 9.17) is 0 Å². The van der Waals surface area contributed by atoms with Crippen LogP contribution in [0, 0.1) is 0 Å². The molecule has 1 nitrogen and oxygen atoms in total. The van der Waals surface area contributed by atoms with Crippen molar-refractivity contribution in [3.05, 3.63) is 12.2 Å². The summed E-state index contributed by atoms with van der Waals surface area (Å²) in [6.45, 7) is 3.80. The van der Waals surface area contributed by atoms with Crippen LogP contribution >= 0.6 is 0 Å². The van der Waals surface area contributed by atoms with E-state index in [1.54, 1.807) is 0 Å². The Labute approximate surface area is 98.1 Å². The summed E-state index contributed by atoms with van der Waals surface area (Å²) in [5.74, 6) is 0. The average Bonchev–Trinajstić information content (AvgIpc) is 2.32. The van der Waals surface area contributed by atoms with Crippen molar-refractivity contribution < 1.29 is 0 Å². The van der Waals surface area contributed by atoms with Crippen molar-refractivity contribution in [3.8, 4) is 0 Å². The monoisotopic (exact) mass is 187 g/mol. The molecule has 0 aromatic heterocycles. The summed E-state index contributed by atoms with van der Waals surface area (Å²) in [5.41, 5.74) is 0. The molecule has 76 valence electrons. The molecule has 0 aliphatic carbocycles. The van der Waals surface area contributed by atoms with Crippen molar-refractivity contribution in [1.82, 2.24) is 4.90 Å². The zero-order chi connectivity index (χ0) is 10.1. The van der Waals surface area contributed by atoms with Crippen molar-refractivity contribution in [2.45, 2.75) is 43.6 Å². The number of hydrogen-bond donors (Lipinski definition) is 0. The molecular weight excluding hydrogens is 165 g/mol. The van der Waals surface area contributed by atoms with E-state index in [2.05, 4.69) is 34.8 Å². The summed E-state index contributed by atoms with van der Waals surface area (Å²) in [7, 11) is 0. The molecular formula is C12H22LiN. The van der Waals surface area contributed by atoms with E-state index in [1.165, 1.54) is 63.3 Å². The van der Waals surface area contributed by atoms with Gasteiger partial charge in [0.1, 0.15) is 0 Å². The third-order valence-electron chi connectivity index (χ3n) is 2.96. The van der Waals surface area contributed by atoms with Gasteiger partial charge in [0.25, 0.3) is 0 Å². The molecule has 0 spiro atoms. The molecule has 0 amide bonds. The Morgan fingerprint density at radius 2 is 1.43 bits per heavy atom. The summed E-state index contributed by atoms with van der Waals surface area (Å²) in [6, 6.07) is 0. The van der Waals surface area contributed by atoms with Crippen molar-refractivity contribution in [3.63, 3.8) is 0 Å². The molecule has 0 unspecified atom stereocenters. The minimum atomic E-state index is 1.17. The Balaban J connectivity index is 2.21. The first-order chi connectivity index (χ1) is 6.93. The van der Waals surface area contributed by atoms with Gasteiger partial charge in [-0.2, -0.15) is 0 Å². The summed E-state index contributed by atoms with van der Waals surface area (Å²) >= 11 is 2.20. The Bertz CT molecular complexity index is 146. The summed E-state index contributed by atoms with van der Waals surface area (Å²) < 4.78 is 0. The Morgan fingerprint density at radius 3 is 2.00 bits per heavy atom. The molecule has 14 heavy (non-hydrogen) atoms. The Morgan fingerprint density at radius 1 is 0.857 bits per heavy atom. The normalized spacial score (nSPS) is 21.9. The molecule has 0 aromatic rings. The quantitative estimate of drug-likeness (QED) is 0.485. The summed E-state index contributed by atoms with van der Waals surface area (Å²) in [6.07, 6.45) is 13.2. The molecule has 0 aromatic carbocycles. The van der Waals surface area contributed by atoms with Crippen LogP contribution in [0.3, 0.4) is 0 Å². The van der Waals surface area contributed by atoms with Crippen LogP contribution in [0.5, 0.6) is 0 Å². The van der Waals surface area contributed by atoms with Crippen molar-refractivity contribution in [2.24, 2.45) is 0 Å². The minimum absolute atomic E-state index is 1.17. The van der Waals surface area contributed by atoms with E-state index >= 15 is 0 Å². The fraction of sp³-hybridized carbons (Fsp3) is 0.833. The first-order valence-corrected chi connectivity index (χ1v) is 6.31. The maximum absolute atomic E-state index is 2.61. The maximum atomic E-state index is 2.61. The molecule has 1 rings (SSSR count). The summed E-state index contributed by atoms with van der Waals surface area (Å²) in [5, 5.41) is 1.17. The number of nitrogens with zero attached hydrogens (tertiary/aromatic N) is 1. The van der Waals surface area contributed by atoms with Crippen molar-refractivity contribution in [2.75, 3.05) is 19.6 Å². The van der Waals surface area contributed by atoms with E-state index in [-0.39, 0.29) is 0 Å². The van der Waals surface area contributed by atoms with Gasteiger partial charge < -0.3 is 0 Å². The predicted molar refractivity (Wildman–Crippen MR) is 63.8 cm³/mol. The summed E-state index contributed by atoms with van der Waals surface area (Å²) in [4.78, 5) is 2.61. The molecule has 0 N–H and O–H groups in total. The van der Waals surface area contributed by atoms with Gasteiger partial charge in [0, 0.05) is 0 Å². The van der Waals surface area contributed by atoms with Gasteiger partial charge in [-0.05, 0) is 0 Å². The van der Waals surface area contributed by atoms with Crippen LogP contribution in [-0.4, -0.2) is 42.2 Å². The molecule has 0 atom stereocenters. The van der Waals surface area contributed by atoms with Crippen LogP contribution in [0.2, 0.25) is 5.09 Å². The zero-order valence-electron chi connectivity index (χ0n) is 9.67.